The number of nitrogens with one attached hydrogen (secondary N) is 1. The first-order chi connectivity index (χ1) is 8.25. The Morgan fingerprint density at radius 2 is 2.12 bits per heavy atom. The molecule has 0 spiro atoms. The van der Waals surface area contributed by atoms with Crippen molar-refractivity contribution in [3.63, 3.8) is 0 Å². The Morgan fingerprint density at radius 3 is 2.88 bits per heavy atom. The quantitative estimate of drug-likeness (QED) is 0.848. The molecule has 0 radical (unpaired) electrons. The van der Waals surface area contributed by atoms with E-state index in [-0.39, 0.29) is 5.56 Å². The molecule has 0 bridgehead atoms. The minimum absolute atomic E-state index is 0.0778. The zero-order valence-corrected chi connectivity index (χ0v) is 11.6. The van der Waals surface area contributed by atoms with E-state index in [4.69, 9.17) is 0 Å². The number of aromatic nitrogens is 1. The van der Waals surface area contributed by atoms with Crippen molar-refractivity contribution in [2.75, 3.05) is 6.54 Å². The fraction of sp³-hybridized carbons (Fsp3) is 0.615. The lowest BCUT2D eigenvalue weighted by molar-refractivity contribution is 0.492. The van der Waals surface area contributed by atoms with Gasteiger partial charge in [-0.25, -0.2) is 0 Å². The summed E-state index contributed by atoms with van der Waals surface area (Å²) in [4.78, 5) is 11.5. The maximum atomic E-state index is 11.5. The van der Waals surface area contributed by atoms with Crippen LogP contribution in [0.4, 0.5) is 0 Å². The smallest absolute Gasteiger partial charge is 0.250 e. The second-order valence-electron chi connectivity index (χ2n) is 4.67. The van der Waals surface area contributed by atoms with Gasteiger partial charge in [-0.3, -0.25) is 4.79 Å². The van der Waals surface area contributed by atoms with Gasteiger partial charge in [0.2, 0.25) is 0 Å². The average Bonchev–Trinajstić information content (AvgIpc) is 2.82. The first-order valence-corrected chi connectivity index (χ1v) is 7.14. The highest BCUT2D eigenvalue weighted by Crippen LogP contribution is 2.17. The molecule has 1 aliphatic carbocycles. The van der Waals surface area contributed by atoms with Gasteiger partial charge in [-0.15, -0.1) is 0 Å². The molecular formula is C13H19BrN2O. The largest absolute Gasteiger partial charge is 0.314 e. The summed E-state index contributed by atoms with van der Waals surface area (Å²) >= 11 is 3.38. The standard InChI is InChI=1S/C13H19BrN2O/c14-11-6-7-13(17)16(10-11)9-3-8-15-12-4-1-2-5-12/h6-7,10,12,15H,1-5,8-9H2. The van der Waals surface area contributed by atoms with E-state index < -0.39 is 0 Å². The third-order valence-electron chi connectivity index (χ3n) is 3.31. The van der Waals surface area contributed by atoms with E-state index in [0.29, 0.717) is 6.04 Å². The van der Waals surface area contributed by atoms with Crippen LogP contribution in [0.1, 0.15) is 32.1 Å². The van der Waals surface area contributed by atoms with E-state index in [9.17, 15) is 4.79 Å². The highest BCUT2D eigenvalue weighted by Gasteiger charge is 2.13. The lowest BCUT2D eigenvalue weighted by atomic mass is 10.2. The lowest BCUT2D eigenvalue weighted by Gasteiger charge is -2.12. The molecule has 1 aromatic rings. The number of aryl methyl sites for hydroxylation is 1. The van der Waals surface area contributed by atoms with E-state index in [2.05, 4.69) is 21.2 Å². The van der Waals surface area contributed by atoms with Gasteiger partial charge in [0.1, 0.15) is 0 Å². The first-order valence-electron chi connectivity index (χ1n) is 6.35. The molecule has 0 atom stereocenters. The Hall–Kier alpha value is -0.610. The molecule has 17 heavy (non-hydrogen) atoms. The van der Waals surface area contributed by atoms with Crippen molar-refractivity contribution in [3.05, 3.63) is 33.2 Å². The second kappa shape index (κ2) is 6.36. The van der Waals surface area contributed by atoms with Crippen molar-refractivity contribution in [2.24, 2.45) is 0 Å². The number of hydrogen-bond acceptors (Lipinski definition) is 2. The van der Waals surface area contributed by atoms with E-state index in [1.807, 2.05) is 6.20 Å². The van der Waals surface area contributed by atoms with Gasteiger partial charge in [0, 0.05) is 29.3 Å². The summed E-state index contributed by atoms with van der Waals surface area (Å²) < 4.78 is 2.72. The summed E-state index contributed by atoms with van der Waals surface area (Å²) in [5.74, 6) is 0. The van der Waals surface area contributed by atoms with Crippen molar-refractivity contribution in [2.45, 2.75) is 44.7 Å². The number of nitrogens with zero attached hydrogens (tertiary/aromatic N) is 1. The molecule has 1 aliphatic rings. The molecule has 0 unspecified atom stereocenters. The van der Waals surface area contributed by atoms with E-state index in [1.54, 1.807) is 16.7 Å². The van der Waals surface area contributed by atoms with Crippen LogP contribution in [0.3, 0.4) is 0 Å². The summed E-state index contributed by atoms with van der Waals surface area (Å²) in [7, 11) is 0. The Morgan fingerprint density at radius 1 is 1.35 bits per heavy atom. The van der Waals surface area contributed by atoms with Gasteiger partial charge in [0.05, 0.1) is 0 Å². The molecule has 1 N–H and O–H groups in total. The average molecular weight is 299 g/mol. The summed E-state index contributed by atoms with van der Waals surface area (Å²) in [6.07, 6.45) is 8.23. The van der Waals surface area contributed by atoms with Gasteiger partial charge < -0.3 is 9.88 Å². The van der Waals surface area contributed by atoms with E-state index >= 15 is 0 Å². The number of halogens is 1. The second-order valence-corrected chi connectivity index (χ2v) is 5.58. The van der Waals surface area contributed by atoms with Crippen LogP contribution in [0.5, 0.6) is 0 Å². The summed E-state index contributed by atoms with van der Waals surface area (Å²) in [6, 6.07) is 4.11. The van der Waals surface area contributed by atoms with Gasteiger partial charge in [-0.05, 0) is 47.8 Å². The molecule has 1 fully saturated rings. The minimum Gasteiger partial charge on any atom is -0.314 e. The van der Waals surface area contributed by atoms with E-state index in [1.165, 1.54) is 25.7 Å². The van der Waals surface area contributed by atoms with Gasteiger partial charge >= 0.3 is 0 Å². The molecular weight excluding hydrogens is 280 g/mol. The van der Waals surface area contributed by atoms with Crippen molar-refractivity contribution >= 4 is 15.9 Å². The molecule has 0 amide bonds. The first kappa shape index (κ1) is 12.8. The van der Waals surface area contributed by atoms with Crippen LogP contribution < -0.4 is 10.9 Å². The van der Waals surface area contributed by atoms with E-state index in [0.717, 1.165) is 24.0 Å². The van der Waals surface area contributed by atoms with Crippen molar-refractivity contribution < 1.29 is 0 Å². The van der Waals surface area contributed by atoms with Crippen molar-refractivity contribution in [3.8, 4) is 0 Å². The van der Waals surface area contributed by atoms with Gasteiger partial charge in [0.15, 0.2) is 0 Å². The maximum absolute atomic E-state index is 11.5. The fourth-order valence-electron chi connectivity index (χ4n) is 2.36. The topological polar surface area (TPSA) is 34.0 Å². The predicted molar refractivity (Wildman–Crippen MR) is 73.3 cm³/mol. The molecule has 1 heterocycles. The highest BCUT2D eigenvalue weighted by molar-refractivity contribution is 9.10. The molecule has 1 aromatic heterocycles. The molecule has 0 aliphatic heterocycles. The van der Waals surface area contributed by atoms with Crippen LogP contribution in [0.15, 0.2) is 27.6 Å². The highest BCUT2D eigenvalue weighted by atomic mass is 79.9. The van der Waals surface area contributed by atoms with Crippen LogP contribution in [0, 0.1) is 0 Å². The van der Waals surface area contributed by atoms with Crippen LogP contribution in [0.2, 0.25) is 0 Å². The van der Waals surface area contributed by atoms with Crippen molar-refractivity contribution in [1.29, 1.82) is 0 Å². The molecule has 2 rings (SSSR count). The SMILES string of the molecule is O=c1ccc(Br)cn1CCCNC1CCCC1. The fourth-order valence-corrected chi connectivity index (χ4v) is 2.74. The Labute approximate surface area is 110 Å². The zero-order valence-electron chi connectivity index (χ0n) is 9.99. The molecule has 3 nitrogen and oxygen atoms in total. The summed E-state index contributed by atoms with van der Waals surface area (Å²) in [6.45, 7) is 1.79. The molecule has 0 aromatic carbocycles. The lowest BCUT2D eigenvalue weighted by Crippen LogP contribution is -2.28. The Bertz CT molecular complexity index is 410. The third kappa shape index (κ3) is 3.96. The minimum atomic E-state index is 0.0778. The Kier molecular flexibility index (Phi) is 4.80. The Balaban J connectivity index is 1.74. The third-order valence-corrected chi connectivity index (χ3v) is 3.78. The van der Waals surface area contributed by atoms with Crippen LogP contribution in [0.25, 0.3) is 0 Å². The number of hydrogen-bond donors (Lipinski definition) is 1. The monoisotopic (exact) mass is 298 g/mol. The predicted octanol–water partition coefficient (Wildman–Crippen LogP) is 2.53. The zero-order chi connectivity index (χ0) is 12.1. The summed E-state index contributed by atoms with van der Waals surface area (Å²) in [5.41, 5.74) is 0.0778. The van der Waals surface area contributed by atoms with Crippen molar-refractivity contribution in [1.82, 2.24) is 9.88 Å². The van der Waals surface area contributed by atoms with Crippen LogP contribution in [-0.4, -0.2) is 17.2 Å². The molecule has 4 heteroatoms. The molecule has 94 valence electrons. The normalized spacial score (nSPS) is 16.5. The van der Waals surface area contributed by atoms with Crippen LogP contribution in [-0.2, 0) is 6.54 Å². The number of rotatable bonds is 5. The molecule has 1 saturated carbocycles. The maximum Gasteiger partial charge on any atom is 0.250 e. The van der Waals surface area contributed by atoms with Crippen LogP contribution >= 0.6 is 15.9 Å². The summed E-state index contributed by atoms with van der Waals surface area (Å²) in [5, 5.41) is 3.56. The van der Waals surface area contributed by atoms with Gasteiger partial charge in [-0.1, -0.05) is 12.8 Å². The van der Waals surface area contributed by atoms with Gasteiger partial charge in [-0.2, -0.15) is 0 Å². The van der Waals surface area contributed by atoms with Gasteiger partial charge in [0.25, 0.3) is 5.56 Å². The number of pyridine rings is 1. The molecule has 0 saturated heterocycles.